The molecule has 0 fully saturated rings. The minimum atomic E-state index is -4.14. The molecule has 9 nitrogen and oxygen atoms in total. The minimum Gasteiger partial charge on any atom is -0.497 e. The van der Waals surface area contributed by atoms with E-state index in [2.05, 4.69) is 4.72 Å². The lowest BCUT2D eigenvalue weighted by Crippen LogP contribution is -2.21. The molecule has 0 bridgehead atoms. The van der Waals surface area contributed by atoms with E-state index in [4.69, 9.17) is 4.74 Å². The third-order valence-corrected chi connectivity index (χ3v) is 7.67. The van der Waals surface area contributed by atoms with Gasteiger partial charge in [-0.3, -0.25) is 24.2 Å². The summed E-state index contributed by atoms with van der Waals surface area (Å²) in [6.45, 7) is 4.48. The lowest BCUT2D eigenvalue weighted by Gasteiger charge is -2.18. The number of nitrogens with zero attached hydrogens (tertiary/aromatic N) is 2. The van der Waals surface area contributed by atoms with Crippen molar-refractivity contribution in [2.75, 3.05) is 18.4 Å². The normalized spacial score (nSPS) is 12.3. The number of nitrogens with one attached hydrogen (secondary N) is 1. The number of methoxy groups -OCH3 is 1. The van der Waals surface area contributed by atoms with Crippen molar-refractivity contribution in [3.05, 3.63) is 99.1 Å². The molecule has 0 aliphatic heterocycles. The summed E-state index contributed by atoms with van der Waals surface area (Å²) >= 11 is 0. The Hall–Kier alpha value is -4.18. The van der Waals surface area contributed by atoms with Crippen LogP contribution in [0.3, 0.4) is 0 Å². The van der Waals surface area contributed by atoms with Crippen LogP contribution in [0.4, 0.5) is 5.82 Å². The van der Waals surface area contributed by atoms with Gasteiger partial charge in [0.05, 0.1) is 23.4 Å². The number of hydrogen-bond donors (Lipinski definition) is 1. The van der Waals surface area contributed by atoms with Crippen LogP contribution in [0.1, 0.15) is 39.9 Å². The van der Waals surface area contributed by atoms with E-state index in [-0.39, 0.29) is 10.7 Å². The van der Waals surface area contributed by atoms with Gasteiger partial charge in [0.1, 0.15) is 11.6 Å². The zero-order chi connectivity index (χ0) is 26.9. The van der Waals surface area contributed by atoms with E-state index in [1.54, 1.807) is 48.5 Å². The maximum Gasteiger partial charge on any atom is 0.263 e. The highest BCUT2D eigenvalue weighted by Gasteiger charge is 2.33. The van der Waals surface area contributed by atoms with Gasteiger partial charge >= 0.3 is 0 Å². The van der Waals surface area contributed by atoms with Crippen LogP contribution in [-0.2, 0) is 10.0 Å². The third kappa shape index (κ3) is 5.05. The van der Waals surface area contributed by atoms with Gasteiger partial charge in [0.25, 0.3) is 10.0 Å². The molecule has 0 aliphatic carbocycles. The predicted molar refractivity (Wildman–Crippen MR) is 142 cm³/mol. The second-order valence-corrected chi connectivity index (χ2v) is 10.5. The fourth-order valence-corrected chi connectivity index (χ4v) is 5.64. The van der Waals surface area contributed by atoms with Gasteiger partial charge in [-0.1, -0.05) is 42.0 Å². The van der Waals surface area contributed by atoms with Crippen LogP contribution < -0.4 is 9.46 Å². The maximum atomic E-state index is 13.5. The molecule has 0 amide bonds. The van der Waals surface area contributed by atoms with Crippen molar-refractivity contribution in [3.8, 4) is 5.75 Å². The molecule has 0 radical (unpaired) electrons. The zero-order valence-electron chi connectivity index (χ0n) is 20.9. The second-order valence-electron chi connectivity index (χ2n) is 8.85. The van der Waals surface area contributed by atoms with E-state index < -0.39 is 33.3 Å². The Morgan fingerprint density at radius 1 is 1.05 bits per heavy atom. The number of rotatable bonds is 8. The van der Waals surface area contributed by atoms with Crippen molar-refractivity contribution in [1.29, 1.82) is 0 Å². The van der Waals surface area contributed by atoms with Gasteiger partial charge in [0.2, 0.25) is 12.5 Å². The first kappa shape index (κ1) is 25.9. The molecule has 1 aromatic heterocycles. The molecule has 1 N–H and O–H groups in total. The molecular formula is C27H27N3O6S. The Bertz CT molecular complexity index is 1590. The van der Waals surface area contributed by atoms with Gasteiger partial charge in [0, 0.05) is 22.8 Å². The number of ether oxygens (including phenoxy) is 1. The molecule has 1 unspecified atom stereocenters. The van der Waals surface area contributed by atoms with Gasteiger partial charge < -0.3 is 4.74 Å². The monoisotopic (exact) mass is 521 g/mol. The van der Waals surface area contributed by atoms with Crippen LogP contribution in [0.2, 0.25) is 0 Å². The first-order chi connectivity index (χ1) is 17.5. The molecule has 3 aromatic carbocycles. The quantitative estimate of drug-likeness (QED) is 0.253. The molecule has 4 aromatic rings. The summed E-state index contributed by atoms with van der Waals surface area (Å²) in [6, 6.07) is 18.4. The molecule has 0 spiro atoms. The fraction of sp³-hybridized carbons (Fsp3) is 0.222. The first-order valence-corrected chi connectivity index (χ1v) is 13.0. The number of carbonyl (C=O) groups excluding carboxylic acids is 1. The van der Waals surface area contributed by atoms with Crippen LogP contribution in [0.15, 0.2) is 71.6 Å². The topological polar surface area (TPSA) is 121 Å². The van der Waals surface area contributed by atoms with Crippen LogP contribution in [0, 0.1) is 24.0 Å². The number of benzene rings is 3. The molecule has 37 heavy (non-hydrogen) atoms. The SMILES string of the molecule is COc1ccc(C(C[N+](=O)[O-])c2c(NS(=O)(=O)c3ccc(C)cc3)n(C(C)=O)c3cccc(C)c23)cc1. The summed E-state index contributed by atoms with van der Waals surface area (Å²) in [5.74, 6) is -0.731. The number of sulfonamides is 1. The molecular weight excluding hydrogens is 494 g/mol. The summed E-state index contributed by atoms with van der Waals surface area (Å²) in [4.78, 5) is 24.3. The Labute approximate surface area is 214 Å². The van der Waals surface area contributed by atoms with Crippen LogP contribution >= 0.6 is 0 Å². The predicted octanol–water partition coefficient (Wildman–Crippen LogP) is 5.14. The lowest BCUT2D eigenvalue weighted by atomic mass is 9.89. The number of anilines is 1. The zero-order valence-corrected chi connectivity index (χ0v) is 21.7. The highest BCUT2D eigenvalue weighted by atomic mass is 32.2. The van der Waals surface area contributed by atoms with Crippen molar-refractivity contribution in [2.24, 2.45) is 0 Å². The minimum absolute atomic E-state index is 0.0106. The molecule has 1 heterocycles. The van der Waals surface area contributed by atoms with E-state index in [1.807, 2.05) is 19.9 Å². The third-order valence-electron chi connectivity index (χ3n) is 6.32. The first-order valence-electron chi connectivity index (χ1n) is 11.5. The Balaban J connectivity index is 2.04. The van der Waals surface area contributed by atoms with Gasteiger partial charge in [-0.2, -0.15) is 0 Å². The van der Waals surface area contributed by atoms with Crippen molar-refractivity contribution in [2.45, 2.75) is 31.6 Å². The van der Waals surface area contributed by atoms with Crippen molar-refractivity contribution >= 4 is 32.7 Å². The van der Waals surface area contributed by atoms with E-state index in [1.165, 1.54) is 30.7 Å². The number of hydrogen-bond acceptors (Lipinski definition) is 6. The number of fused-ring (bicyclic) bond motifs is 1. The van der Waals surface area contributed by atoms with Crippen LogP contribution in [0.25, 0.3) is 10.9 Å². The molecule has 1 atom stereocenters. The molecule has 0 saturated carbocycles. The Kier molecular flexibility index (Phi) is 7.04. The fourth-order valence-electron chi connectivity index (χ4n) is 4.57. The molecule has 4 rings (SSSR count). The average molecular weight is 522 g/mol. The summed E-state index contributed by atoms with van der Waals surface area (Å²) in [7, 11) is -2.62. The Morgan fingerprint density at radius 2 is 1.70 bits per heavy atom. The van der Waals surface area contributed by atoms with Crippen molar-refractivity contribution < 1.29 is 22.9 Å². The van der Waals surface area contributed by atoms with Crippen molar-refractivity contribution in [1.82, 2.24) is 4.57 Å². The number of aryl methyl sites for hydroxylation is 2. The summed E-state index contributed by atoms with van der Waals surface area (Å²) in [5.41, 5.74) is 3.05. The number of carbonyl (C=O) groups is 1. The van der Waals surface area contributed by atoms with Crippen LogP contribution in [-0.4, -0.2) is 37.5 Å². The van der Waals surface area contributed by atoms with E-state index >= 15 is 0 Å². The maximum absolute atomic E-state index is 13.5. The summed E-state index contributed by atoms with van der Waals surface area (Å²) in [5, 5.41) is 12.4. The van der Waals surface area contributed by atoms with Gasteiger partial charge in [0.15, 0.2) is 0 Å². The van der Waals surface area contributed by atoms with Gasteiger partial charge in [-0.25, -0.2) is 8.42 Å². The van der Waals surface area contributed by atoms with Gasteiger partial charge in [-0.15, -0.1) is 0 Å². The molecule has 192 valence electrons. The number of aromatic nitrogens is 1. The standard InChI is InChI=1S/C27H27N3O6S/c1-17-8-14-22(15-9-17)37(34,35)28-27-26(25-18(2)6-5-7-24(25)30(27)19(3)31)23(16-29(32)33)20-10-12-21(36-4)13-11-20/h5-15,23,28H,16H2,1-4H3. The lowest BCUT2D eigenvalue weighted by molar-refractivity contribution is -0.481. The van der Waals surface area contributed by atoms with E-state index in [9.17, 15) is 23.3 Å². The summed E-state index contributed by atoms with van der Waals surface area (Å²) in [6.07, 6.45) is 0. The van der Waals surface area contributed by atoms with E-state index in [0.717, 1.165) is 11.1 Å². The highest BCUT2D eigenvalue weighted by molar-refractivity contribution is 7.92. The molecule has 0 aliphatic rings. The van der Waals surface area contributed by atoms with Gasteiger partial charge in [-0.05, 0) is 55.3 Å². The second kappa shape index (κ2) is 10.1. The summed E-state index contributed by atoms with van der Waals surface area (Å²) < 4.78 is 36.1. The largest absolute Gasteiger partial charge is 0.497 e. The molecule has 0 saturated heterocycles. The smallest absolute Gasteiger partial charge is 0.263 e. The average Bonchev–Trinajstić information content (AvgIpc) is 3.17. The molecule has 10 heteroatoms. The van der Waals surface area contributed by atoms with Crippen molar-refractivity contribution in [3.63, 3.8) is 0 Å². The van der Waals surface area contributed by atoms with Crippen LogP contribution in [0.5, 0.6) is 5.75 Å². The Morgan fingerprint density at radius 3 is 2.27 bits per heavy atom. The van der Waals surface area contributed by atoms with E-state index in [0.29, 0.717) is 27.8 Å². The number of nitro groups is 1. The highest BCUT2D eigenvalue weighted by Crippen LogP contribution is 2.42.